The summed E-state index contributed by atoms with van der Waals surface area (Å²) in [5, 5.41) is 8.31. The monoisotopic (exact) mass is 582 g/mol. The van der Waals surface area contributed by atoms with E-state index in [1.807, 2.05) is 70.5 Å². The summed E-state index contributed by atoms with van der Waals surface area (Å²) in [7, 11) is 0. The molecular weight excluding hydrogens is 544 g/mol. The SMILES string of the molecule is CCOc1ccc(OCC)c(NC(=O)c2cnn(-c3cccc(Cl)c3C)c2C2CCN(C(=O)OC(C)(C)C)CC2)c1. The Hall–Kier alpha value is -3.72. The van der Waals surface area contributed by atoms with E-state index in [-0.39, 0.29) is 17.9 Å². The zero-order chi connectivity index (χ0) is 29.7. The number of halogens is 1. The number of aromatic nitrogens is 2. The van der Waals surface area contributed by atoms with Gasteiger partial charge in [-0.1, -0.05) is 17.7 Å². The Morgan fingerprint density at radius 1 is 1.07 bits per heavy atom. The summed E-state index contributed by atoms with van der Waals surface area (Å²) in [5.74, 6) is 0.840. The van der Waals surface area contributed by atoms with Gasteiger partial charge in [0.2, 0.25) is 0 Å². The molecule has 0 bridgehead atoms. The Morgan fingerprint density at radius 3 is 2.44 bits per heavy atom. The molecule has 1 aliphatic rings. The lowest BCUT2D eigenvalue weighted by atomic mass is 9.90. The lowest BCUT2D eigenvalue weighted by Gasteiger charge is -2.34. The third-order valence-electron chi connectivity index (χ3n) is 6.86. The van der Waals surface area contributed by atoms with E-state index in [0.29, 0.717) is 66.9 Å². The van der Waals surface area contributed by atoms with Crippen molar-refractivity contribution >= 4 is 29.3 Å². The molecule has 2 aromatic carbocycles. The van der Waals surface area contributed by atoms with Gasteiger partial charge >= 0.3 is 6.09 Å². The Bertz CT molecular complexity index is 1390. The standard InChI is InChI=1S/C31H39ClN4O5/c1-7-39-22-12-13-27(40-8-2)25(18-22)34-29(37)23-19-33-36(26-11-9-10-24(32)20(26)3)28(23)21-14-16-35(17-15-21)30(38)41-31(4,5)6/h9-13,18-19,21H,7-8,14-17H2,1-6H3,(H,34,37). The minimum Gasteiger partial charge on any atom is -0.494 e. The van der Waals surface area contributed by atoms with Crippen LogP contribution in [-0.2, 0) is 4.74 Å². The minimum atomic E-state index is -0.568. The van der Waals surface area contributed by atoms with Crippen molar-refractivity contribution in [3.63, 3.8) is 0 Å². The largest absolute Gasteiger partial charge is 0.494 e. The highest BCUT2D eigenvalue weighted by molar-refractivity contribution is 6.31. The van der Waals surface area contributed by atoms with Crippen LogP contribution in [0.25, 0.3) is 5.69 Å². The molecule has 2 amide bonds. The second-order valence-electron chi connectivity index (χ2n) is 11.0. The Morgan fingerprint density at radius 2 is 1.78 bits per heavy atom. The fourth-order valence-corrected chi connectivity index (χ4v) is 5.11. The minimum absolute atomic E-state index is 0.0311. The first-order chi connectivity index (χ1) is 19.5. The number of likely N-dealkylation sites (tertiary alicyclic amines) is 1. The van der Waals surface area contributed by atoms with Gasteiger partial charge in [-0.3, -0.25) is 4.79 Å². The number of amides is 2. The van der Waals surface area contributed by atoms with E-state index < -0.39 is 5.60 Å². The fourth-order valence-electron chi connectivity index (χ4n) is 4.94. The summed E-state index contributed by atoms with van der Waals surface area (Å²) in [4.78, 5) is 28.3. The summed E-state index contributed by atoms with van der Waals surface area (Å²) in [6.45, 7) is 13.3. The number of anilines is 1. The summed E-state index contributed by atoms with van der Waals surface area (Å²) < 4.78 is 18.8. The molecule has 0 atom stereocenters. The molecule has 0 spiro atoms. The molecule has 3 aromatic rings. The van der Waals surface area contributed by atoms with Gasteiger partial charge in [-0.05, 0) is 84.2 Å². The van der Waals surface area contributed by atoms with E-state index in [2.05, 4.69) is 10.4 Å². The van der Waals surface area contributed by atoms with Crippen molar-refractivity contribution < 1.29 is 23.8 Å². The highest BCUT2D eigenvalue weighted by Crippen LogP contribution is 2.36. The topological polar surface area (TPSA) is 94.9 Å². The number of piperidine rings is 1. The molecule has 41 heavy (non-hydrogen) atoms. The predicted octanol–water partition coefficient (Wildman–Crippen LogP) is 7.00. The molecule has 0 unspecified atom stereocenters. The van der Waals surface area contributed by atoms with Crippen molar-refractivity contribution in [2.75, 3.05) is 31.6 Å². The van der Waals surface area contributed by atoms with Crippen LogP contribution in [0.5, 0.6) is 11.5 Å². The number of ether oxygens (including phenoxy) is 3. The van der Waals surface area contributed by atoms with Gasteiger partial charge in [0.25, 0.3) is 5.91 Å². The normalized spacial score (nSPS) is 14.1. The first-order valence-corrected chi connectivity index (χ1v) is 14.4. The van der Waals surface area contributed by atoms with Crippen LogP contribution in [0.4, 0.5) is 10.5 Å². The fraction of sp³-hybridized carbons (Fsp3) is 0.452. The number of hydrogen-bond donors (Lipinski definition) is 1. The smallest absolute Gasteiger partial charge is 0.410 e. The van der Waals surface area contributed by atoms with Crippen molar-refractivity contribution in [3.8, 4) is 17.2 Å². The zero-order valence-electron chi connectivity index (χ0n) is 24.6. The zero-order valence-corrected chi connectivity index (χ0v) is 25.4. The van der Waals surface area contributed by atoms with Gasteiger partial charge in [0.1, 0.15) is 17.1 Å². The first kappa shape index (κ1) is 30.2. The lowest BCUT2D eigenvalue weighted by molar-refractivity contribution is 0.0203. The maximum Gasteiger partial charge on any atom is 0.410 e. The number of rotatable bonds is 8. The highest BCUT2D eigenvalue weighted by atomic mass is 35.5. The molecule has 1 aliphatic heterocycles. The molecule has 0 saturated carbocycles. The Balaban J connectivity index is 1.68. The highest BCUT2D eigenvalue weighted by Gasteiger charge is 2.32. The molecule has 1 aromatic heterocycles. The van der Waals surface area contributed by atoms with Gasteiger partial charge in [0, 0.05) is 30.1 Å². The van der Waals surface area contributed by atoms with Gasteiger partial charge < -0.3 is 24.4 Å². The molecule has 0 aliphatic carbocycles. The van der Waals surface area contributed by atoms with Crippen LogP contribution in [0, 0.1) is 6.92 Å². The number of nitrogens with one attached hydrogen (secondary N) is 1. The summed E-state index contributed by atoms with van der Waals surface area (Å²) in [6.07, 6.45) is 2.56. The van der Waals surface area contributed by atoms with Crippen molar-refractivity contribution in [1.82, 2.24) is 14.7 Å². The van der Waals surface area contributed by atoms with Crippen LogP contribution >= 0.6 is 11.6 Å². The number of benzene rings is 2. The van der Waals surface area contributed by atoms with Crippen LogP contribution in [-0.4, -0.2) is 58.6 Å². The molecule has 9 nitrogen and oxygen atoms in total. The van der Waals surface area contributed by atoms with E-state index in [9.17, 15) is 9.59 Å². The quantitative estimate of drug-likeness (QED) is 0.307. The van der Waals surface area contributed by atoms with Crippen LogP contribution in [0.15, 0.2) is 42.6 Å². The first-order valence-electron chi connectivity index (χ1n) is 14.0. The Labute approximate surface area is 246 Å². The van der Waals surface area contributed by atoms with Crippen LogP contribution in [0.3, 0.4) is 0 Å². The second-order valence-corrected chi connectivity index (χ2v) is 11.4. The van der Waals surface area contributed by atoms with Gasteiger partial charge in [-0.15, -0.1) is 0 Å². The molecule has 2 heterocycles. The van der Waals surface area contributed by atoms with Crippen molar-refractivity contribution in [2.24, 2.45) is 0 Å². The van der Waals surface area contributed by atoms with Crippen LogP contribution in [0.1, 0.15) is 75.0 Å². The number of nitrogens with zero attached hydrogens (tertiary/aromatic N) is 3. The van der Waals surface area contributed by atoms with Crippen molar-refractivity contribution in [1.29, 1.82) is 0 Å². The molecule has 1 saturated heterocycles. The number of carbonyl (C=O) groups is 2. The maximum atomic E-state index is 13.9. The molecule has 1 fully saturated rings. The average molecular weight is 583 g/mol. The Kier molecular flexibility index (Phi) is 9.48. The number of carbonyl (C=O) groups excluding carboxylic acids is 2. The van der Waals surface area contributed by atoms with E-state index >= 15 is 0 Å². The van der Waals surface area contributed by atoms with Gasteiger partial charge in [0.15, 0.2) is 0 Å². The van der Waals surface area contributed by atoms with Gasteiger partial charge in [0.05, 0.1) is 42.0 Å². The maximum absolute atomic E-state index is 13.9. The van der Waals surface area contributed by atoms with Crippen LogP contribution in [0.2, 0.25) is 5.02 Å². The van der Waals surface area contributed by atoms with Crippen LogP contribution < -0.4 is 14.8 Å². The van der Waals surface area contributed by atoms with E-state index in [1.54, 1.807) is 23.2 Å². The van der Waals surface area contributed by atoms with Gasteiger partial charge in [-0.25, -0.2) is 9.48 Å². The molecular formula is C31H39ClN4O5. The second kappa shape index (κ2) is 12.9. The third kappa shape index (κ3) is 7.14. The van der Waals surface area contributed by atoms with Gasteiger partial charge in [-0.2, -0.15) is 5.10 Å². The van der Waals surface area contributed by atoms with Crippen molar-refractivity contribution in [2.45, 2.75) is 65.9 Å². The van der Waals surface area contributed by atoms with E-state index in [0.717, 1.165) is 16.9 Å². The summed E-state index contributed by atoms with van der Waals surface area (Å²) >= 11 is 6.47. The summed E-state index contributed by atoms with van der Waals surface area (Å²) in [6, 6.07) is 11.0. The molecule has 10 heteroatoms. The third-order valence-corrected chi connectivity index (χ3v) is 7.27. The van der Waals surface area contributed by atoms with Crippen molar-refractivity contribution in [3.05, 3.63) is 64.4 Å². The number of hydrogen-bond acceptors (Lipinski definition) is 6. The molecule has 1 N–H and O–H groups in total. The van der Waals surface area contributed by atoms with E-state index in [1.165, 1.54) is 0 Å². The van der Waals surface area contributed by atoms with E-state index in [4.69, 9.17) is 25.8 Å². The molecule has 220 valence electrons. The average Bonchev–Trinajstić information content (AvgIpc) is 3.36. The predicted molar refractivity (Wildman–Crippen MR) is 160 cm³/mol. The molecule has 4 rings (SSSR count). The molecule has 0 radical (unpaired) electrons. The summed E-state index contributed by atoms with van der Waals surface area (Å²) in [5.41, 5.74) is 2.83. The lowest BCUT2D eigenvalue weighted by Crippen LogP contribution is -2.41.